The molecule has 2 heterocycles. The van der Waals surface area contributed by atoms with Crippen LogP contribution in [0.1, 0.15) is 53.1 Å². The summed E-state index contributed by atoms with van der Waals surface area (Å²) in [6.07, 6.45) is 5.84. The number of nitrogen functional groups attached to an aromatic ring is 1. The third kappa shape index (κ3) is 16.0. The number of ether oxygens (including phenoxy) is 4. The lowest BCUT2D eigenvalue weighted by atomic mass is 10.2. The van der Waals surface area contributed by atoms with Crippen LogP contribution < -0.4 is 19.9 Å². The number of carbonyl (C=O) groups is 2. The Kier molecular flexibility index (Phi) is 20.9. The Bertz CT molecular complexity index is 2900. The smallest absolute Gasteiger partial charge is 0.342 e. The van der Waals surface area contributed by atoms with Crippen molar-refractivity contribution >= 4 is 123 Å². The van der Waals surface area contributed by atoms with Crippen LogP contribution in [0.4, 0.5) is 11.4 Å². The number of rotatable bonds is 12. The maximum atomic E-state index is 13.0. The first kappa shape index (κ1) is 55.6. The fourth-order valence-corrected chi connectivity index (χ4v) is 10.4. The molecule has 0 saturated carbocycles. The lowest BCUT2D eigenvalue weighted by Gasteiger charge is -2.15. The van der Waals surface area contributed by atoms with Gasteiger partial charge in [-0.3, -0.25) is 14.7 Å². The predicted molar refractivity (Wildman–Crippen MR) is 261 cm³/mol. The number of aromatic nitrogens is 2. The van der Waals surface area contributed by atoms with Gasteiger partial charge in [-0.15, -0.1) is 0 Å². The summed E-state index contributed by atoms with van der Waals surface area (Å²) in [5.74, 6) is -0.00492. The molecule has 0 unspecified atom stereocenters. The van der Waals surface area contributed by atoms with E-state index in [2.05, 4.69) is 14.7 Å². The molecule has 0 spiro atoms. The van der Waals surface area contributed by atoms with E-state index in [0.717, 1.165) is 0 Å². The van der Waals surface area contributed by atoms with Crippen LogP contribution in [-0.4, -0.2) is 52.0 Å². The normalized spacial score (nSPS) is 10.8. The van der Waals surface area contributed by atoms with E-state index in [1.54, 1.807) is 45.9 Å². The Hall–Kier alpha value is -4.75. The highest BCUT2D eigenvalue weighted by Crippen LogP contribution is 2.35. The maximum absolute atomic E-state index is 13.0. The van der Waals surface area contributed by atoms with Crippen molar-refractivity contribution in [3.8, 4) is 23.0 Å². The number of pyridine rings is 2. The highest BCUT2D eigenvalue weighted by molar-refractivity contribution is 8.13. The quantitative estimate of drug-likeness (QED) is 0.0666. The second kappa shape index (κ2) is 24.9. The number of halogens is 7. The Morgan fingerprint density at radius 3 is 1.47 bits per heavy atom. The van der Waals surface area contributed by atoms with Gasteiger partial charge in [0.1, 0.15) is 43.9 Å². The number of benzene rings is 4. The van der Waals surface area contributed by atoms with Gasteiger partial charge in [0.2, 0.25) is 0 Å². The van der Waals surface area contributed by atoms with Crippen molar-refractivity contribution in [1.29, 1.82) is 0 Å². The molecule has 0 aliphatic carbocycles. The summed E-state index contributed by atoms with van der Waals surface area (Å²) in [5.41, 5.74) is 7.31. The number of carbonyl (C=O) groups excluding carboxylic acids is 2. The molecule has 0 bridgehead atoms. The van der Waals surface area contributed by atoms with Gasteiger partial charge in [-0.2, -0.15) is 0 Å². The van der Waals surface area contributed by atoms with Gasteiger partial charge in [0.05, 0.1) is 45.7 Å². The van der Waals surface area contributed by atoms with Crippen LogP contribution in [0.15, 0.2) is 107 Å². The molecule has 0 amide bonds. The summed E-state index contributed by atoms with van der Waals surface area (Å²) < 4.78 is 71.8. The van der Waals surface area contributed by atoms with Gasteiger partial charge in [0.25, 0.3) is 19.1 Å². The Morgan fingerprint density at radius 2 is 1.05 bits per heavy atom. The zero-order valence-corrected chi connectivity index (χ0v) is 41.1. The number of aryl methyl sites for hydroxylation is 2. The molecule has 66 heavy (non-hydrogen) atoms. The van der Waals surface area contributed by atoms with Crippen molar-refractivity contribution < 1.29 is 45.4 Å². The monoisotopic (exact) mass is 1080 g/mol. The van der Waals surface area contributed by atoms with Crippen molar-refractivity contribution in [2.45, 2.75) is 44.9 Å². The topological polar surface area (TPSA) is 203 Å². The highest BCUT2D eigenvalue weighted by Gasteiger charge is 2.24. The summed E-state index contributed by atoms with van der Waals surface area (Å²) in [5, 5.41) is 1.50. The minimum Gasteiger partial charge on any atom is -0.462 e. The van der Waals surface area contributed by atoms with Crippen molar-refractivity contribution in [3.63, 3.8) is 0 Å². The molecule has 0 aliphatic heterocycles. The Morgan fingerprint density at radius 1 is 0.606 bits per heavy atom. The van der Waals surface area contributed by atoms with Gasteiger partial charge in [-0.05, 0) is 99.5 Å². The molecule has 4 aromatic carbocycles. The van der Waals surface area contributed by atoms with Crippen LogP contribution in [-0.2, 0) is 28.5 Å². The van der Waals surface area contributed by atoms with Gasteiger partial charge in [-0.1, -0.05) is 77.0 Å². The molecule has 0 aliphatic rings. The second-order valence-corrected chi connectivity index (χ2v) is 19.6. The summed E-state index contributed by atoms with van der Waals surface area (Å²) in [4.78, 5) is 32.0. The van der Waals surface area contributed by atoms with E-state index in [4.69, 9.17) is 105 Å². The SMILES string of the molecule is C.CCOC(=O)c1cc(N)ccc1Oc1cncc(Cl)c1.CCOC(=O)c1cc(NS(=O)(=O)c2c(C)cc(Cl)cc2Cl)ccc1Oc1cncc(Cl)c1.Cc1cc(Cl)cc(Cl)c1S(=O)(=O)Cl. The maximum Gasteiger partial charge on any atom is 0.342 e. The molecule has 6 rings (SSSR count). The fourth-order valence-electron chi connectivity index (χ4n) is 5.44. The van der Waals surface area contributed by atoms with Crippen LogP contribution in [0.2, 0.25) is 30.1 Å². The molecule has 0 atom stereocenters. The number of hydrogen-bond acceptors (Lipinski definition) is 13. The molecule has 2 aromatic heterocycles. The minimum atomic E-state index is -4.08. The van der Waals surface area contributed by atoms with Crippen molar-refractivity contribution in [2.24, 2.45) is 0 Å². The van der Waals surface area contributed by atoms with Crippen LogP contribution in [0.25, 0.3) is 0 Å². The van der Waals surface area contributed by atoms with Crippen LogP contribution in [0, 0.1) is 13.8 Å². The molecule has 23 heteroatoms. The van der Waals surface area contributed by atoms with Gasteiger partial charge >= 0.3 is 11.9 Å². The highest BCUT2D eigenvalue weighted by atomic mass is 35.7. The molecule has 0 saturated heterocycles. The first-order valence-corrected chi connectivity index (χ1v) is 24.4. The van der Waals surface area contributed by atoms with E-state index in [9.17, 15) is 26.4 Å². The van der Waals surface area contributed by atoms with Gasteiger partial charge in [0.15, 0.2) is 0 Å². The van der Waals surface area contributed by atoms with E-state index >= 15 is 0 Å². The second-order valence-electron chi connectivity index (χ2n) is 12.9. The first-order chi connectivity index (χ1) is 30.5. The van der Waals surface area contributed by atoms with E-state index in [1.165, 1.54) is 79.4 Å². The number of hydrogen-bond donors (Lipinski definition) is 2. The largest absolute Gasteiger partial charge is 0.462 e. The molecule has 6 aromatic rings. The third-order valence-electron chi connectivity index (χ3n) is 7.94. The summed E-state index contributed by atoms with van der Waals surface area (Å²) in [6.45, 7) is 6.92. The fraction of sp³-hybridized carbons (Fsp3) is 0.163. The first-order valence-electron chi connectivity index (χ1n) is 18.4. The van der Waals surface area contributed by atoms with Crippen LogP contribution in [0.3, 0.4) is 0 Å². The molecule has 0 fully saturated rings. The van der Waals surface area contributed by atoms with Crippen LogP contribution in [0.5, 0.6) is 23.0 Å². The number of nitrogens with one attached hydrogen (secondary N) is 1. The number of esters is 2. The zero-order chi connectivity index (χ0) is 48.2. The molecule has 3 N–H and O–H groups in total. The number of nitrogens with two attached hydrogens (primary N) is 1. The Balaban J connectivity index is 0.000000289. The molecule has 352 valence electrons. The van der Waals surface area contributed by atoms with Crippen molar-refractivity contribution in [3.05, 3.63) is 150 Å². The van der Waals surface area contributed by atoms with Crippen molar-refractivity contribution in [1.82, 2.24) is 9.97 Å². The number of anilines is 2. The Labute approximate surface area is 416 Å². The average molecular weight is 1080 g/mol. The third-order valence-corrected chi connectivity index (χ3v) is 12.7. The van der Waals surface area contributed by atoms with Crippen molar-refractivity contribution in [2.75, 3.05) is 23.7 Å². The van der Waals surface area contributed by atoms with Crippen LogP contribution >= 0.6 is 80.3 Å². The zero-order valence-electron chi connectivity index (χ0n) is 34.2. The molecule has 0 radical (unpaired) electrons. The van der Waals surface area contributed by atoms with E-state index in [1.807, 2.05) is 0 Å². The molecule has 14 nitrogen and oxygen atoms in total. The summed E-state index contributed by atoms with van der Waals surface area (Å²) >= 11 is 35.1. The number of sulfonamides is 1. The van der Waals surface area contributed by atoms with E-state index in [0.29, 0.717) is 54.2 Å². The lowest BCUT2D eigenvalue weighted by Crippen LogP contribution is -2.16. The van der Waals surface area contributed by atoms with E-state index < -0.39 is 31.0 Å². The molecular formula is C43H39Cl7N4O10S2. The average Bonchev–Trinajstić information content (AvgIpc) is 3.18. The lowest BCUT2D eigenvalue weighted by molar-refractivity contribution is 0.0513. The van der Waals surface area contributed by atoms with Gasteiger partial charge < -0.3 is 24.7 Å². The standard InChI is InChI=1S/C21H17Cl3N2O5S.C14H13ClN2O3.C7H5Cl3O2S.CH4/c1-3-30-21(27)17-9-15(4-5-19(17)31-16-7-14(23)10-25-11-16)26-32(28,29)20-12(2)6-13(22)8-18(20)24;1-2-19-14(18)12-6-10(16)3-4-13(12)20-11-5-9(15)7-17-8-11;1-4-2-5(8)3-6(9)7(4)13(10,11)12;/h4-11,26H,3H2,1-2H3;3-8H,2,16H2,1H3;2-3H,1H3;1H4. The molecular weight excluding hydrogens is 1040 g/mol. The minimum absolute atomic E-state index is 0. The summed E-state index contributed by atoms with van der Waals surface area (Å²) in [6, 6.07) is 17.7. The van der Waals surface area contributed by atoms with Gasteiger partial charge in [0, 0.05) is 56.6 Å². The summed E-state index contributed by atoms with van der Waals surface area (Å²) in [7, 11) is -2.72. The predicted octanol–water partition coefficient (Wildman–Crippen LogP) is 13.3. The van der Waals surface area contributed by atoms with Gasteiger partial charge in [-0.25, -0.2) is 26.4 Å². The van der Waals surface area contributed by atoms with E-state index in [-0.39, 0.29) is 63.0 Å². The number of nitrogens with zero attached hydrogens (tertiary/aromatic N) is 2.